The number of benzene rings is 1. The Balaban J connectivity index is 2.26. The first-order chi connectivity index (χ1) is 10.0. The Hall–Kier alpha value is -1.63. The van der Waals surface area contributed by atoms with Crippen molar-refractivity contribution in [3.8, 4) is 0 Å². The van der Waals surface area contributed by atoms with Gasteiger partial charge in [0.2, 0.25) is 0 Å². The molecule has 0 atom stereocenters. The number of hydrogen-bond donors (Lipinski definition) is 1. The maximum atomic E-state index is 12.3. The second-order valence-electron chi connectivity index (χ2n) is 4.22. The fourth-order valence-corrected chi connectivity index (χ4v) is 2.84. The lowest BCUT2D eigenvalue weighted by Crippen LogP contribution is -2.14. The minimum Gasteiger partial charge on any atom is -0.377 e. The molecule has 5 nitrogen and oxygen atoms in total. The highest BCUT2D eigenvalue weighted by Crippen LogP contribution is 2.21. The SMILES string of the molecule is CCOCc1ccccc1NS(=O)(=O)c1ccc(Cl)nc1. The molecule has 0 aliphatic rings. The summed E-state index contributed by atoms with van der Waals surface area (Å²) in [6.45, 7) is 2.78. The van der Waals surface area contributed by atoms with Gasteiger partial charge in [-0.25, -0.2) is 13.4 Å². The molecule has 2 aromatic rings. The summed E-state index contributed by atoms with van der Waals surface area (Å²) in [6, 6.07) is 9.93. The van der Waals surface area contributed by atoms with E-state index in [0.717, 1.165) is 5.56 Å². The molecule has 1 N–H and O–H groups in total. The maximum Gasteiger partial charge on any atom is 0.263 e. The molecule has 0 saturated carbocycles. The maximum absolute atomic E-state index is 12.3. The standard InChI is InChI=1S/C14H15ClN2O3S/c1-2-20-10-11-5-3-4-6-13(11)17-21(18,19)12-7-8-14(15)16-9-12/h3-9,17H,2,10H2,1H3. The van der Waals surface area contributed by atoms with Gasteiger partial charge in [0.25, 0.3) is 10.0 Å². The van der Waals surface area contributed by atoms with Crippen LogP contribution < -0.4 is 4.72 Å². The summed E-state index contributed by atoms with van der Waals surface area (Å²) in [5, 5.41) is 0.241. The van der Waals surface area contributed by atoms with Crippen LogP contribution in [0.1, 0.15) is 12.5 Å². The number of halogens is 1. The Kier molecular flexibility index (Phi) is 5.17. The second kappa shape index (κ2) is 6.89. The van der Waals surface area contributed by atoms with Crippen LogP contribution in [0.3, 0.4) is 0 Å². The molecule has 1 heterocycles. The average Bonchev–Trinajstić information content (AvgIpc) is 2.46. The topological polar surface area (TPSA) is 68.3 Å². The van der Waals surface area contributed by atoms with Crippen molar-refractivity contribution in [3.63, 3.8) is 0 Å². The minimum absolute atomic E-state index is 0.0538. The molecular formula is C14H15ClN2O3S. The van der Waals surface area contributed by atoms with E-state index < -0.39 is 10.0 Å². The lowest BCUT2D eigenvalue weighted by atomic mass is 10.2. The van der Waals surface area contributed by atoms with Gasteiger partial charge < -0.3 is 4.74 Å². The van der Waals surface area contributed by atoms with E-state index in [1.54, 1.807) is 12.1 Å². The van der Waals surface area contributed by atoms with Crippen LogP contribution in [-0.4, -0.2) is 20.0 Å². The van der Waals surface area contributed by atoms with Crippen LogP contribution in [-0.2, 0) is 21.4 Å². The highest BCUT2D eigenvalue weighted by Gasteiger charge is 2.16. The normalized spacial score (nSPS) is 11.3. The van der Waals surface area contributed by atoms with Crippen molar-refractivity contribution in [3.05, 3.63) is 53.3 Å². The third-order valence-electron chi connectivity index (χ3n) is 2.73. The quantitative estimate of drug-likeness (QED) is 0.828. The van der Waals surface area contributed by atoms with Gasteiger partial charge in [0.05, 0.1) is 12.3 Å². The predicted molar refractivity (Wildman–Crippen MR) is 81.8 cm³/mol. The van der Waals surface area contributed by atoms with Gasteiger partial charge in [-0.05, 0) is 25.1 Å². The van der Waals surface area contributed by atoms with Gasteiger partial charge in [-0.15, -0.1) is 0 Å². The van der Waals surface area contributed by atoms with Crippen LogP contribution in [0.25, 0.3) is 0 Å². The average molecular weight is 327 g/mol. The van der Waals surface area contributed by atoms with Gasteiger partial charge in [-0.1, -0.05) is 29.8 Å². The summed E-state index contributed by atoms with van der Waals surface area (Å²) < 4.78 is 32.5. The van der Waals surface area contributed by atoms with Gasteiger partial charge in [-0.3, -0.25) is 4.72 Å². The first-order valence-corrected chi connectivity index (χ1v) is 8.19. The molecule has 1 aromatic heterocycles. The molecule has 112 valence electrons. The lowest BCUT2D eigenvalue weighted by Gasteiger charge is -2.12. The number of nitrogens with zero attached hydrogens (tertiary/aromatic N) is 1. The Morgan fingerprint density at radius 3 is 2.67 bits per heavy atom. The molecule has 0 spiro atoms. The molecule has 0 saturated heterocycles. The number of rotatable bonds is 6. The number of aromatic nitrogens is 1. The zero-order chi connectivity index (χ0) is 15.3. The van der Waals surface area contributed by atoms with E-state index in [-0.39, 0.29) is 10.0 Å². The van der Waals surface area contributed by atoms with E-state index in [0.29, 0.717) is 18.9 Å². The first-order valence-electron chi connectivity index (χ1n) is 6.33. The van der Waals surface area contributed by atoms with Crippen LogP contribution in [0.2, 0.25) is 5.15 Å². The number of anilines is 1. The number of ether oxygens (including phenoxy) is 1. The van der Waals surface area contributed by atoms with Gasteiger partial charge in [0.1, 0.15) is 10.0 Å². The summed E-state index contributed by atoms with van der Waals surface area (Å²) in [5.41, 5.74) is 1.26. The molecule has 21 heavy (non-hydrogen) atoms. The van der Waals surface area contributed by atoms with E-state index in [4.69, 9.17) is 16.3 Å². The van der Waals surface area contributed by atoms with Crippen LogP contribution in [0.4, 0.5) is 5.69 Å². The van der Waals surface area contributed by atoms with Crippen molar-refractivity contribution in [1.29, 1.82) is 0 Å². The molecule has 0 bridgehead atoms. The van der Waals surface area contributed by atoms with Crippen LogP contribution in [0.5, 0.6) is 0 Å². The molecule has 7 heteroatoms. The molecule has 2 rings (SSSR count). The van der Waals surface area contributed by atoms with Crippen molar-refractivity contribution < 1.29 is 13.2 Å². The Labute approximate surface area is 129 Å². The molecule has 0 aliphatic heterocycles. The van der Waals surface area contributed by atoms with Gasteiger partial charge in [-0.2, -0.15) is 0 Å². The minimum atomic E-state index is -3.70. The number of nitrogens with one attached hydrogen (secondary N) is 1. The van der Waals surface area contributed by atoms with Crippen LogP contribution in [0.15, 0.2) is 47.5 Å². The van der Waals surface area contributed by atoms with Gasteiger partial charge >= 0.3 is 0 Å². The third kappa shape index (κ3) is 4.17. The highest BCUT2D eigenvalue weighted by molar-refractivity contribution is 7.92. The second-order valence-corrected chi connectivity index (χ2v) is 6.29. The first kappa shape index (κ1) is 15.8. The van der Waals surface area contributed by atoms with Crippen molar-refractivity contribution in [2.45, 2.75) is 18.4 Å². The molecule has 0 unspecified atom stereocenters. The van der Waals surface area contributed by atoms with E-state index in [1.807, 2.05) is 19.1 Å². The lowest BCUT2D eigenvalue weighted by molar-refractivity contribution is 0.134. The smallest absolute Gasteiger partial charge is 0.263 e. The highest BCUT2D eigenvalue weighted by atomic mass is 35.5. The van der Waals surface area contributed by atoms with Crippen molar-refractivity contribution in [2.75, 3.05) is 11.3 Å². The Morgan fingerprint density at radius 1 is 1.24 bits per heavy atom. The summed E-state index contributed by atoms with van der Waals surface area (Å²) >= 11 is 5.66. The number of para-hydroxylation sites is 1. The Morgan fingerprint density at radius 2 is 2.00 bits per heavy atom. The van der Waals surface area contributed by atoms with Gasteiger partial charge in [0.15, 0.2) is 0 Å². The monoisotopic (exact) mass is 326 g/mol. The summed E-state index contributed by atoms with van der Waals surface area (Å²) in [5.74, 6) is 0. The van der Waals surface area contributed by atoms with Crippen molar-refractivity contribution in [1.82, 2.24) is 4.98 Å². The number of pyridine rings is 1. The fourth-order valence-electron chi connectivity index (χ4n) is 1.68. The van der Waals surface area contributed by atoms with Crippen LogP contribution in [0, 0.1) is 0 Å². The molecule has 0 amide bonds. The number of hydrogen-bond acceptors (Lipinski definition) is 4. The zero-order valence-electron chi connectivity index (χ0n) is 11.4. The Bertz CT molecular complexity index is 702. The van der Waals surface area contributed by atoms with Crippen molar-refractivity contribution in [2.24, 2.45) is 0 Å². The van der Waals surface area contributed by atoms with Crippen LogP contribution >= 0.6 is 11.6 Å². The van der Waals surface area contributed by atoms with E-state index in [1.165, 1.54) is 18.3 Å². The number of sulfonamides is 1. The fraction of sp³-hybridized carbons (Fsp3) is 0.214. The third-order valence-corrected chi connectivity index (χ3v) is 4.31. The molecule has 0 fully saturated rings. The van der Waals surface area contributed by atoms with E-state index in [9.17, 15) is 8.42 Å². The predicted octanol–water partition coefficient (Wildman–Crippen LogP) is 3.07. The van der Waals surface area contributed by atoms with Crippen molar-refractivity contribution >= 4 is 27.3 Å². The summed E-state index contributed by atoms with van der Waals surface area (Å²) in [7, 11) is -3.70. The van der Waals surface area contributed by atoms with E-state index >= 15 is 0 Å². The zero-order valence-corrected chi connectivity index (χ0v) is 13.0. The molecule has 0 radical (unpaired) electrons. The van der Waals surface area contributed by atoms with Gasteiger partial charge in [0, 0.05) is 18.4 Å². The van der Waals surface area contributed by atoms with E-state index in [2.05, 4.69) is 9.71 Å². The largest absolute Gasteiger partial charge is 0.377 e. The molecular weight excluding hydrogens is 312 g/mol. The molecule has 1 aromatic carbocycles. The summed E-state index contributed by atoms with van der Waals surface area (Å²) in [4.78, 5) is 3.83. The summed E-state index contributed by atoms with van der Waals surface area (Å²) in [6.07, 6.45) is 1.22. The molecule has 0 aliphatic carbocycles.